The molecule has 1 heterocycles. The fraction of sp³-hybridized carbons (Fsp3) is 0.462. The fourth-order valence-electron chi connectivity index (χ4n) is 2.26. The average molecular weight is 312 g/mol. The molecule has 2 N–H and O–H groups in total. The maximum absolute atomic E-state index is 11.8. The molecule has 4 nitrogen and oxygen atoms in total. The zero-order valence-electron chi connectivity index (χ0n) is 10.7. The molecule has 0 saturated carbocycles. The van der Waals surface area contributed by atoms with Crippen molar-refractivity contribution in [3.63, 3.8) is 0 Å². The van der Waals surface area contributed by atoms with Crippen LogP contribution in [0.25, 0.3) is 0 Å². The molecule has 1 atom stereocenters. The van der Waals surface area contributed by atoms with Crippen LogP contribution in [0.3, 0.4) is 0 Å². The Hall–Kier alpha value is -1.07. The lowest BCUT2D eigenvalue weighted by atomic mass is 10.1. The molecule has 0 bridgehead atoms. The molecular weight excluding hydrogens is 294 g/mol. The summed E-state index contributed by atoms with van der Waals surface area (Å²) in [5.41, 5.74) is 2.34. The molecule has 1 amide bonds. The zero-order chi connectivity index (χ0) is 13.1. The molecule has 18 heavy (non-hydrogen) atoms. The number of halogens is 1. The van der Waals surface area contributed by atoms with Crippen LogP contribution in [-0.2, 0) is 11.3 Å². The number of anilines is 1. The average Bonchev–Trinajstić information content (AvgIpc) is 2.35. The van der Waals surface area contributed by atoms with Gasteiger partial charge in [0.2, 0.25) is 5.91 Å². The summed E-state index contributed by atoms with van der Waals surface area (Å²) in [6.45, 7) is 4.29. The quantitative estimate of drug-likeness (QED) is 0.889. The van der Waals surface area contributed by atoms with Crippen LogP contribution in [0.15, 0.2) is 22.7 Å². The van der Waals surface area contributed by atoms with Crippen molar-refractivity contribution in [2.75, 3.05) is 25.0 Å². The van der Waals surface area contributed by atoms with Crippen LogP contribution in [0.2, 0.25) is 0 Å². The highest BCUT2D eigenvalue weighted by molar-refractivity contribution is 9.10. The molecule has 1 aromatic carbocycles. The third-order valence-corrected chi connectivity index (χ3v) is 3.72. The Labute approximate surface area is 116 Å². The van der Waals surface area contributed by atoms with E-state index in [0.717, 1.165) is 23.2 Å². The van der Waals surface area contributed by atoms with Gasteiger partial charge in [0, 0.05) is 29.8 Å². The summed E-state index contributed by atoms with van der Waals surface area (Å²) < 4.78 is 1.04. The van der Waals surface area contributed by atoms with Crippen molar-refractivity contribution in [3.8, 4) is 0 Å². The molecule has 0 radical (unpaired) electrons. The van der Waals surface area contributed by atoms with Crippen molar-refractivity contribution < 1.29 is 4.79 Å². The Kier molecular flexibility index (Phi) is 4.24. The van der Waals surface area contributed by atoms with E-state index in [1.54, 1.807) is 0 Å². The van der Waals surface area contributed by atoms with E-state index in [4.69, 9.17) is 0 Å². The zero-order valence-corrected chi connectivity index (χ0v) is 12.3. The summed E-state index contributed by atoms with van der Waals surface area (Å²) in [5.74, 6) is 0.0941. The van der Waals surface area contributed by atoms with Crippen molar-refractivity contribution in [1.29, 1.82) is 0 Å². The van der Waals surface area contributed by atoms with Gasteiger partial charge in [-0.1, -0.05) is 22.0 Å². The SMILES string of the molecule is CNCc1ccc(Br)cc1N1CCNC(=O)C1C. The maximum Gasteiger partial charge on any atom is 0.242 e. The predicted octanol–water partition coefficient (Wildman–Crippen LogP) is 1.49. The number of piperazine rings is 1. The summed E-state index contributed by atoms with van der Waals surface area (Å²) in [6, 6.07) is 6.09. The molecule has 5 heteroatoms. The minimum Gasteiger partial charge on any atom is -0.358 e. The summed E-state index contributed by atoms with van der Waals surface area (Å²) in [5, 5.41) is 6.06. The van der Waals surface area contributed by atoms with E-state index in [-0.39, 0.29) is 11.9 Å². The van der Waals surface area contributed by atoms with Crippen molar-refractivity contribution in [2.45, 2.75) is 19.5 Å². The number of hydrogen-bond donors (Lipinski definition) is 2. The summed E-state index contributed by atoms with van der Waals surface area (Å²) >= 11 is 3.50. The number of nitrogens with zero attached hydrogens (tertiary/aromatic N) is 1. The smallest absolute Gasteiger partial charge is 0.242 e. The van der Waals surface area contributed by atoms with E-state index < -0.39 is 0 Å². The Morgan fingerprint density at radius 1 is 1.56 bits per heavy atom. The van der Waals surface area contributed by atoms with E-state index >= 15 is 0 Å². The van der Waals surface area contributed by atoms with Gasteiger partial charge in [0.15, 0.2) is 0 Å². The number of amides is 1. The Bertz CT molecular complexity index is 450. The Morgan fingerprint density at radius 2 is 2.33 bits per heavy atom. The summed E-state index contributed by atoms with van der Waals surface area (Å²) in [6.07, 6.45) is 0. The van der Waals surface area contributed by atoms with E-state index in [9.17, 15) is 4.79 Å². The van der Waals surface area contributed by atoms with E-state index in [1.807, 2.05) is 20.0 Å². The first kappa shape index (κ1) is 13.4. The normalized spacial score (nSPS) is 19.8. The molecule has 1 aliphatic rings. The lowest BCUT2D eigenvalue weighted by molar-refractivity contribution is -0.122. The van der Waals surface area contributed by atoms with Gasteiger partial charge in [0.1, 0.15) is 6.04 Å². The number of carbonyl (C=O) groups excluding carboxylic acids is 1. The van der Waals surface area contributed by atoms with Gasteiger partial charge in [-0.2, -0.15) is 0 Å². The molecule has 0 spiro atoms. The van der Waals surface area contributed by atoms with Gasteiger partial charge in [-0.3, -0.25) is 4.79 Å². The third kappa shape index (κ3) is 2.67. The van der Waals surface area contributed by atoms with E-state index in [1.165, 1.54) is 5.56 Å². The third-order valence-electron chi connectivity index (χ3n) is 3.22. The van der Waals surface area contributed by atoms with Crippen LogP contribution < -0.4 is 15.5 Å². The van der Waals surface area contributed by atoms with Gasteiger partial charge in [0.05, 0.1) is 0 Å². The standard InChI is InChI=1S/C13H18BrN3O/c1-9-13(18)16-5-6-17(9)12-7-11(14)4-3-10(12)8-15-2/h3-4,7,9,15H,5-6,8H2,1-2H3,(H,16,18). The lowest BCUT2D eigenvalue weighted by Gasteiger charge is -2.36. The van der Waals surface area contributed by atoms with Gasteiger partial charge in [-0.15, -0.1) is 0 Å². The molecule has 98 valence electrons. The highest BCUT2D eigenvalue weighted by Crippen LogP contribution is 2.27. The van der Waals surface area contributed by atoms with Crippen molar-refractivity contribution in [3.05, 3.63) is 28.2 Å². The summed E-state index contributed by atoms with van der Waals surface area (Å²) in [4.78, 5) is 13.9. The molecule has 0 aromatic heterocycles. The maximum atomic E-state index is 11.8. The minimum atomic E-state index is -0.122. The van der Waals surface area contributed by atoms with Gasteiger partial charge in [-0.05, 0) is 31.7 Å². The number of carbonyl (C=O) groups is 1. The van der Waals surface area contributed by atoms with E-state index in [0.29, 0.717) is 6.54 Å². The van der Waals surface area contributed by atoms with Gasteiger partial charge in [0.25, 0.3) is 0 Å². The molecule has 1 aromatic rings. The Balaban J connectivity index is 2.35. The highest BCUT2D eigenvalue weighted by atomic mass is 79.9. The largest absolute Gasteiger partial charge is 0.358 e. The van der Waals surface area contributed by atoms with Gasteiger partial charge >= 0.3 is 0 Å². The minimum absolute atomic E-state index is 0.0941. The molecule has 0 aliphatic carbocycles. The molecule has 1 fully saturated rings. The second kappa shape index (κ2) is 5.71. The lowest BCUT2D eigenvalue weighted by Crippen LogP contribution is -2.54. The number of nitrogens with one attached hydrogen (secondary N) is 2. The first-order chi connectivity index (χ1) is 8.63. The number of rotatable bonds is 3. The monoisotopic (exact) mass is 311 g/mol. The highest BCUT2D eigenvalue weighted by Gasteiger charge is 2.26. The second-order valence-corrected chi connectivity index (χ2v) is 5.38. The van der Waals surface area contributed by atoms with Crippen LogP contribution >= 0.6 is 15.9 Å². The molecule has 1 aliphatic heterocycles. The second-order valence-electron chi connectivity index (χ2n) is 4.46. The molecule has 2 rings (SSSR count). The topological polar surface area (TPSA) is 44.4 Å². The van der Waals surface area contributed by atoms with Gasteiger partial charge in [-0.25, -0.2) is 0 Å². The first-order valence-corrected chi connectivity index (χ1v) is 6.90. The van der Waals surface area contributed by atoms with Crippen molar-refractivity contribution in [2.24, 2.45) is 0 Å². The molecule has 1 unspecified atom stereocenters. The molecular formula is C13H18BrN3O. The number of benzene rings is 1. The predicted molar refractivity (Wildman–Crippen MR) is 76.7 cm³/mol. The van der Waals surface area contributed by atoms with E-state index in [2.05, 4.69) is 43.6 Å². The van der Waals surface area contributed by atoms with Crippen LogP contribution in [0, 0.1) is 0 Å². The van der Waals surface area contributed by atoms with Crippen LogP contribution in [0.1, 0.15) is 12.5 Å². The molecule has 1 saturated heterocycles. The van der Waals surface area contributed by atoms with Crippen LogP contribution in [0.5, 0.6) is 0 Å². The van der Waals surface area contributed by atoms with Gasteiger partial charge < -0.3 is 15.5 Å². The van der Waals surface area contributed by atoms with Crippen molar-refractivity contribution in [1.82, 2.24) is 10.6 Å². The summed E-state index contributed by atoms with van der Waals surface area (Å²) in [7, 11) is 1.93. The fourth-order valence-corrected chi connectivity index (χ4v) is 2.60. The number of hydrogen-bond acceptors (Lipinski definition) is 3. The Morgan fingerprint density at radius 3 is 3.06 bits per heavy atom. The van der Waals surface area contributed by atoms with Crippen LogP contribution in [0.4, 0.5) is 5.69 Å². The first-order valence-electron chi connectivity index (χ1n) is 6.11. The van der Waals surface area contributed by atoms with Crippen molar-refractivity contribution >= 4 is 27.5 Å². The van der Waals surface area contributed by atoms with Crippen LogP contribution in [-0.4, -0.2) is 32.1 Å².